The summed E-state index contributed by atoms with van der Waals surface area (Å²) in [5.41, 5.74) is 2.36. The number of hydrogen-bond acceptors (Lipinski definition) is 3. The van der Waals surface area contributed by atoms with Crippen LogP contribution in [0.15, 0.2) is 35.7 Å². The number of thiazole rings is 1. The van der Waals surface area contributed by atoms with Gasteiger partial charge in [0.2, 0.25) is 5.91 Å². The molecule has 1 aliphatic carbocycles. The van der Waals surface area contributed by atoms with Gasteiger partial charge in [-0.15, -0.1) is 11.3 Å². The van der Waals surface area contributed by atoms with Crippen molar-refractivity contribution in [3.8, 4) is 11.3 Å². The van der Waals surface area contributed by atoms with Crippen LogP contribution in [-0.4, -0.2) is 10.9 Å². The Balaban J connectivity index is 1.57. The molecule has 0 bridgehead atoms. The minimum atomic E-state index is 0.132. The van der Waals surface area contributed by atoms with Crippen molar-refractivity contribution in [2.24, 2.45) is 17.3 Å². The van der Waals surface area contributed by atoms with Gasteiger partial charge in [0.15, 0.2) is 5.13 Å². The summed E-state index contributed by atoms with van der Waals surface area (Å²) in [6.07, 6.45) is 4.28. The van der Waals surface area contributed by atoms with Gasteiger partial charge in [-0.25, -0.2) is 4.98 Å². The van der Waals surface area contributed by atoms with E-state index in [2.05, 4.69) is 31.1 Å². The predicted octanol–water partition coefficient (Wildman–Crippen LogP) is 5.60. The maximum absolute atomic E-state index is 12.5. The minimum Gasteiger partial charge on any atom is -0.302 e. The lowest BCUT2D eigenvalue weighted by Gasteiger charge is -2.36. The molecule has 0 unspecified atom stereocenters. The standard InChI is InChI=1S/C20H26N2OS/c1-20(2,3)16-11-9-15(10-12-16)18(23)22-19-21-17(13-24-19)14-7-5-4-6-8-14/h4-8,13,15-16H,9-12H2,1-3H3,(H,21,22,23). The number of nitrogens with one attached hydrogen (secondary N) is 1. The molecule has 1 aliphatic rings. The fourth-order valence-corrected chi connectivity index (χ4v) is 4.22. The third-order valence-electron chi connectivity index (χ3n) is 5.13. The molecule has 3 nitrogen and oxygen atoms in total. The number of hydrogen-bond donors (Lipinski definition) is 1. The van der Waals surface area contributed by atoms with E-state index in [1.807, 2.05) is 35.7 Å². The fourth-order valence-electron chi connectivity index (χ4n) is 3.50. The highest BCUT2D eigenvalue weighted by Gasteiger charge is 2.32. The Morgan fingerprint density at radius 1 is 1.12 bits per heavy atom. The number of anilines is 1. The number of carbonyl (C=O) groups is 1. The largest absolute Gasteiger partial charge is 0.302 e. The molecular formula is C20H26N2OS. The van der Waals surface area contributed by atoms with Gasteiger partial charge in [-0.2, -0.15) is 0 Å². The Kier molecular flexibility index (Phi) is 5.04. The second-order valence-electron chi connectivity index (χ2n) is 7.81. The smallest absolute Gasteiger partial charge is 0.229 e. The van der Waals surface area contributed by atoms with E-state index in [-0.39, 0.29) is 11.8 Å². The van der Waals surface area contributed by atoms with Gasteiger partial charge in [0.25, 0.3) is 0 Å². The quantitative estimate of drug-likeness (QED) is 0.788. The Hall–Kier alpha value is -1.68. The van der Waals surface area contributed by atoms with Gasteiger partial charge in [0.05, 0.1) is 5.69 Å². The molecule has 1 N–H and O–H groups in total. The van der Waals surface area contributed by atoms with Gasteiger partial charge in [-0.1, -0.05) is 51.1 Å². The lowest BCUT2D eigenvalue weighted by molar-refractivity contribution is -0.121. The molecule has 3 rings (SSSR count). The van der Waals surface area contributed by atoms with Crippen LogP contribution >= 0.6 is 11.3 Å². The van der Waals surface area contributed by atoms with Crippen molar-refractivity contribution in [3.63, 3.8) is 0 Å². The topological polar surface area (TPSA) is 42.0 Å². The molecule has 0 radical (unpaired) electrons. The maximum Gasteiger partial charge on any atom is 0.229 e. The first-order chi connectivity index (χ1) is 11.4. The molecule has 1 amide bonds. The van der Waals surface area contributed by atoms with Crippen LogP contribution in [0.1, 0.15) is 46.5 Å². The van der Waals surface area contributed by atoms with Crippen molar-refractivity contribution in [2.45, 2.75) is 46.5 Å². The van der Waals surface area contributed by atoms with Gasteiger partial charge < -0.3 is 5.32 Å². The van der Waals surface area contributed by atoms with Gasteiger partial charge in [-0.3, -0.25) is 4.79 Å². The van der Waals surface area contributed by atoms with Crippen LogP contribution in [0, 0.1) is 17.3 Å². The van der Waals surface area contributed by atoms with Gasteiger partial charge in [0, 0.05) is 16.9 Å². The molecule has 2 aromatic rings. The molecule has 128 valence electrons. The predicted molar refractivity (Wildman–Crippen MR) is 101 cm³/mol. The monoisotopic (exact) mass is 342 g/mol. The highest BCUT2D eigenvalue weighted by Crippen LogP contribution is 2.40. The summed E-state index contributed by atoms with van der Waals surface area (Å²) in [4.78, 5) is 17.1. The maximum atomic E-state index is 12.5. The van der Waals surface area contributed by atoms with E-state index in [4.69, 9.17) is 0 Å². The van der Waals surface area contributed by atoms with E-state index in [9.17, 15) is 4.79 Å². The molecular weight excluding hydrogens is 316 g/mol. The van der Waals surface area contributed by atoms with Crippen LogP contribution in [0.25, 0.3) is 11.3 Å². The molecule has 24 heavy (non-hydrogen) atoms. The number of rotatable bonds is 3. The first-order valence-corrected chi connectivity index (χ1v) is 9.63. The number of amides is 1. The first kappa shape index (κ1) is 17.2. The van der Waals surface area contributed by atoms with E-state index >= 15 is 0 Å². The zero-order chi connectivity index (χ0) is 17.2. The average Bonchev–Trinajstić information content (AvgIpc) is 3.03. The zero-order valence-electron chi connectivity index (χ0n) is 14.7. The van der Waals surface area contributed by atoms with Crippen LogP contribution in [-0.2, 0) is 4.79 Å². The molecule has 1 heterocycles. The van der Waals surface area contributed by atoms with Crippen molar-refractivity contribution in [1.29, 1.82) is 0 Å². The molecule has 1 saturated carbocycles. The molecule has 4 heteroatoms. The summed E-state index contributed by atoms with van der Waals surface area (Å²) >= 11 is 1.50. The summed E-state index contributed by atoms with van der Waals surface area (Å²) < 4.78 is 0. The van der Waals surface area contributed by atoms with Gasteiger partial charge >= 0.3 is 0 Å². The third kappa shape index (κ3) is 4.04. The van der Waals surface area contributed by atoms with Crippen LogP contribution in [0.5, 0.6) is 0 Å². The number of carbonyl (C=O) groups excluding carboxylic acids is 1. The van der Waals surface area contributed by atoms with Crippen molar-refractivity contribution in [1.82, 2.24) is 4.98 Å². The van der Waals surface area contributed by atoms with E-state index in [1.54, 1.807) is 0 Å². The summed E-state index contributed by atoms with van der Waals surface area (Å²) in [6, 6.07) is 10.1. The SMILES string of the molecule is CC(C)(C)C1CCC(C(=O)Nc2nc(-c3ccccc3)cs2)CC1. The summed E-state index contributed by atoms with van der Waals surface area (Å²) in [5.74, 6) is 0.995. The first-order valence-electron chi connectivity index (χ1n) is 8.75. The minimum absolute atomic E-state index is 0.132. The molecule has 0 aliphatic heterocycles. The van der Waals surface area contributed by atoms with Gasteiger partial charge in [-0.05, 0) is 37.0 Å². The van der Waals surface area contributed by atoms with Crippen LogP contribution in [0.3, 0.4) is 0 Å². The number of nitrogens with zero attached hydrogens (tertiary/aromatic N) is 1. The Morgan fingerprint density at radius 2 is 1.79 bits per heavy atom. The van der Waals surface area contributed by atoms with Crippen molar-refractivity contribution < 1.29 is 4.79 Å². The Labute approximate surface area is 148 Å². The molecule has 1 aromatic heterocycles. The average molecular weight is 343 g/mol. The van der Waals surface area contributed by atoms with E-state index in [1.165, 1.54) is 11.3 Å². The molecule has 0 atom stereocenters. The highest BCUT2D eigenvalue weighted by atomic mass is 32.1. The molecule has 1 fully saturated rings. The summed E-state index contributed by atoms with van der Waals surface area (Å²) in [5, 5.41) is 5.73. The van der Waals surface area contributed by atoms with E-state index in [0.717, 1.165) is 42.9 Å². The van der Waals surface area contributed by atoms with Crippen LogP contribution < -0.4 is 5.32 Å². The van der Waals surface area contributed by atoms with Crippen molar-refractivity contribution in [3.05, 3.63) is 35.7 Å². The number of benzene rings is 1. The third-order valence-corrected chi connectivity index (χ3v) is 5.88. The van der Waals surface area contributed by atoms with Crippen molar-refractivity contribution in [2.75, 3.05) is 5.32 Å². The molecule has 0 saturated heterocycles. The van der Waals surface area contributed by atoms with Crippen LogP contribution in [0.4, 0.5) is 5.13 Å². The summed E-state index contributed by atoms with van der Waals surface area (Å²) in [6.45, 7) is 6.91. The summed E-state index contributed by atoms with van der Waals surface area (Å²) in [7, 11) is 0. The fraction of sp³-hybridized carbons (Fsp3) is 0.500. The lowest BCUT2D eigenvalue weighted by Crippen LogP contribution is -2.31. The van der Waals surface area contributed by atoms with Crippen molar-refractivity contribution >= 4 is 22.4 Å². The lowest BCUT2D eigenvalue weighted by atomic mass is 9.70. The molecule has 1 aromatic carbocycles. The Bertz CT molecular complexity index is 679. The van der Waals surface area contributed by atoms with Gasteiger partial charge in [0.1, 0.15) is 0 Å². The second kappa shape index (κ2) is 7.06. The second-order valence-corrected chi connectivity index (χ2v) is 8.67. The zero-order valence-corrected chi connectivity index (χ0v) is 15.5. The number of aromatic nitrogens is 1. The molecule has 0 spiro atoms. The van der Waals surface area contributed by atoms with E-state index in [0.29, 0.717) is 10.5 Å². The highest BCUT2D eigenvalue weighted by molar-refractivity contribution is 7.14. The Morgan fingerprint density at radius 3 is 2.42 bits per heavy atom. The normalized spacial score (nSPS) is 21.5. The van der Waals surface area contributed by atoms with Crippen LogP contribution in [0.2, 0.25) is 0 Å². The van der Waals surface area contributed by atoms with E-state index < -0.39 is 0 Å².